The predicted octanol–water partition coefficient (Wildman–Crippen LogP) is 6.28. The molecule has 1 heterocycles. The summed E-state index contributed by atoms with van der Waals surface area (Å²) in [5.41, 5.74) is 5.18. The number of nitrogens with one attached hydrogen (secondary N) is 1. The molecule has 2 amide bonds. The molecule has 1 saturated carbocycles. The lowest BCUT2D eigenvalue weighted by molar-refractivity contribution is -0.130. The molecule has 1 saturated heterocycles. The van der Waals surface area contributed by atoms with Crippen molar-refractivity contribution >= 4 is 27.6 Å². The monoisotopic (exact) mass is 685 g/mol. The molecule has 260 valence electrons. The summed E-state index contributed by atoms with van der Waals surface area (Å²) in [6, 6.07) is 31.6. The predicted molar refractivity (Wildman–Crippen MR) is 193 cm³/mol. The Morgan fingerprint density at radius 3 is 1.96 bits per heavy atom. The molecule has 9 nitrogen and oxygen atoms in total. The molecule has 0 radical (unpaired) electrons. The van der Waals surface area contributed by atoms with Crippen LogP contribution in [0.3, 0.4) is 0 Å². The minimum atomic E-state index is -3.54. The van der Waals surface area contributed by atoms with Crippen LogP contribution in [0.15, 0.2) is 108 Å². The molecule has 6 rings (SSSR count). The zero-order valence-electron chi connectivity index (χ0n) is 28.5. The number of piperazine rings is 1. The molecule has 2 fully saturated rings. The van der Waals surface area contributed by atoms with Gasteiger partial charge in [-0.2, -0.15) is 8.42 Å². The Kier molecular flexibility index (Phi) is 13.8. The van der Waals surface area contributed by atoms with E-state index in [0.29, 0.717) is 18.7 Å². The summed E-state index contributed by atoms with van der Waals surface area (Å²) in [6.45, 7) is 8.91. The number of aromatic hydroxyl groups is 1. The van der Waals surface area contributed by atoms with Gasteiger partial charge in [0.15, 0.2) is 0 Å². The average Bonchev–Trinajstić information content (AvgIpc) is 3.10. The molecule has 0 aromatic heterocycles. The number of phenolic OH excluding ortho intramolecular Hbond substituents is 1. The van der Waals surface area contributed by atoms with E-state index in [4.69, 9.17) is 4.18 Å². The largest absolute Gasteiger partial charge is 0.508 e. The number of rotatable bonds is 8. The number of hydrogen-bond acceptors (Lipinski definition) is 7. The Bertz CT molecular complexity index is 1730. The Morgan fingerprint density at radius 1 is 0.816 bits per heavy atom. The molecule has 2 aliphatic rings. The molecule has 0 spiro atoms. The fourth-order valence-corrected chi connectivity index (χ4v) is 6.24. The van der Waals surface area contributed by atoms with Gasteiger partial charge in [0, 0.05) is 37.4 Å². The van der Waals surface area contributed by atoms with Gasteiger partial charge in [-0.25, -0.2) is 0 Å². The van der Waals surface area contributed by atoms with E-state index in [1.807, 2.05) is 13.0 Å². The van der Waals surface area contributed by atoms with E-state index in [0.717, 1.165) is 44.3 Å². The minimum absolute atomic E-state index is 0.0243. The number of carbonyl (C=O) groups excluding carboxylic acids is 2. The quantitative estimate of drug-likeness (QED) is 0.210. The Hall–Kier alpha value is -4.67. The number of carbonyl (C=O) groups is 2. The summed E-state index contributed by atoms with van der Waals surface area (Å²) in [7, 11) is -3.54. The summed E-state index contributed by atoms with van der Waals surface area (Å²) in [4.78, 5) is 28.7. The number of hydrogen-bond donors (Lipinski definition) is 2. The Labute approximate surface area is 290 Å². The molecule has 4 aromatic rings. The van der Waals surface area contributed by atoms with Crippen molar-refractivity contribution < 1.29 is 27.3 Å². The highest BCUT2D eigenvalue weighted by molar-refractivity contribution is 7.86. The standard InChI is InChI=1S/C20H23N3O3.C11H14O3S.C8H10/c1-15-5-7-17(8-6-15)22-9-11-23(12-10-22)19(25)14-21-20(26)16-3-2-4-18(24)13-16;1-9-5-7-11(8-6-9)15(12,13)14-10-3-2-4-10;1-2-8-6-4-3-5-7-8/h2-8,13,24H,9-12,14H2,1H3,(H,21,26);5-8,10H,2-4H2,1H3;3-7H,2H2,1H3. The van der Waals surface area contributed by atoms with Crippen LogP contribution in [0.2, 0.25) is 0 Å². The van der Waals surface area contributed by atoms with Crippen molar-refractivity contribution in [1.29, 1.82) is 0 Å². The molecule has 0 bridgehead atoms. The van der Waals surface area contributed by atoms with Gasteiger partial charge in [-0.15, -0.1) is 0 Å². The van der Waals surface area contributed by atoms with Crippen molar-refractivity contribution in [3.05, 3.63) is 125 Å². The maximum absolute atomic E-state index is 12.3. The maximum Gasteiger partial charge on any atom is 0.297 e. The highest BCUT2D eigenvalue weighted by Crippen LogP contribution is 2.26. The average molecular weight is 686 g/mol. The maximum atomic E-state index is 12.3. The summed E-state index contributed by atoms with van der Waals surface area (Å²) in [5, 5.41) is 12.0. The van der Waals surface area contributed by atoms with Crippen molar-refractivity contribution in [2.45, 2.75) is 57.5 Å². The van der Waals surface area contributed by atoms with E-state index < -0.39 is 10.1 Å². The van der Waals surface area contributed by atoms with Gasteiger partial charge in [-0.05, 0) is 87.6 Å². The van der Waals surface area contributed by atoms with Gasteiger partial charge >= 0.3 is 0 Å². The van der Waals surface area contributed by atoms with Crippen LogP contribution in [0, 0.1) is 13.8 Å². The first-order valence-corrected chi connectivity index (χ1v) is 18.2. The smallest absolute Gasteiger partial charge is 0.297 e. The van der Waals surface area contributed by atoms with E-state index in [1.54, 1.807) is 41.3 Å². The van der Waals surface area contributed by atoms with Gasteiger partial charge in [0.2, 0.25) is 5.91 Å². The second kappa shape index (κ2) is 18.2. The first kappa shape index (κ1) is 37.2. The lowest BCUT2D eigenvalue weighted by atomic mass is 9.97. The fourth-order valence-electron chi connectivity index (χ4n) is 5.11. The first-order valence-electron chi connectivity index (χ1n) is 16.7. The van der Waals surface area contributed by atoms with Crippen LogP contribution < -0.4 is 10.2 Å². The summed E-state index contributed by atoms with van der Waals surface area (Å²) in [5.74, 6) is -0.439. The molecule has 1 aliphatic heterocycles. The van der Waals surface area contributed by atoms with E-state index in [1.165, 1.54) is 28.9 Å². The second-order valence-corrected chi connectivity index (χ2v) is 13.8. The number of amides is 2. The third-order valence-electron chi connectivity index (χ3n) is 8.42. The van der Waals surface area contributed by atoms with Crippen molar-refractivity contribution in [1.82, 2.24) is 10.2 Å². The topological polar surface area (TPSA) is 116 Å². The third kappa shape index (κ3) is 11.8. The van der Waals surface area contributed by atoms with Crippen molar-refractivity contribution in [3.63, 3.8) is 0 Å². The number of nitrogens with zero attached hydrogens (tertiary/aromatic N) is 2. The molecule has 10 heteroatoms. The Balaban J connectivity index is 0.000000196. The molecule has 4 aromatic carbocycles. The van der Waals surface area contributed by atoms with Gasteiger partial charge in [-0.3, -0.25) is 13.8 Å². The van der Waals surface area contributed by atoms with Crippen LogP contribution >= 0.6 is 0 Å². The first-order chi connectivity index (χ1) is 23.5. The van der Waals surface area contributed by atoms with Crippen LogP contribution in [0.4, 0.5) is 5.69 Å². The van der Waals surface area contributed by atoms with Crippen LogP contribution in [-0.2, 0) is 25.5 Å². The highest BCUT2D eigenvalue weighted by atomic mass is 32.2. The van der Waals surface area contributed by atoms with E-state index in [2.05, 4.69) is 72.6 Å². The van der Waals surface area contributed by atoms with Crippen LogP contribution in [-0.4, -0.2) is 69.1 Å². The zero-order valence-corrected chi connectivity index (χ0v) is 29.4. The van der Waals surface area contributed by atoms with Gasteiger partial charge in [-0.1, -0.05) is 78.7 Å². The molecule has 49 heavy (non-hydrogen) atoms. The summed E-state index contributed by atoms with van der Waals surface area (Å²) < 4.78 is 28.5. The fraction of sp³-hybridized carbons (Fsp3) is 0.333. The van der Waals surface area contributed by atoms with Gasteiger partial charge < -0.3 is 20.2 Å². The summed E-state index contributed by atoms with van der Waals surface area (Å²) in [6.07, 6.45) is 3.81. The lowest BCUT2D eigenvalue weighted by Gasteiger charge is -2.36. The van der Waals surface area contributed by atoms with Crippen molar-refractivity contribution in [3.8, 4) is 5.75 Å². The SMILES string of the molecule is CCc1ccccc1.Cc1ccc(N2CCN(C(=O)CNC(=O)c3cccc(O)c3)CC2)cc1.Cc1ccc(S(=O)(=O)OC2CCC2)cc1. The molecule has 0 atom stereocenters. The molecule has 1 aliphatic carbocycles. The normalized spacial score (nSPS) is 14.3. The summed E-state index contributed by atoms with van der Waals surface area (Å²) >= 11 is 0. The zero-order chi connectivity index (χ0) is 35.2. The third-order valence-corrected chi connectivity index (χ3v) is 9.79. The van der Waals surface area contributed by atoms with E-state index >= 15 is 0 Å². The lowest BCUT2D eigenvalue weighted by Crippen LogP contribution is -2.51. The number of aryl methyl sites for hydroxylation is 3. The van der Waals surface area contributed by atoms with Gasteiger partial charge in [0.05, 0.1) is 17.5 Å². The number of anilines is 1. The van der Waals surface area contributed by atoms with Gasteiger partial charge in [0.1, 0.15) is 5.75 Å². The Morgan fingerprint density at radius 2 is 1.43 bits per heavy atom. The molecule has 0 unspecified atom stereocenters. The van der Waals surface area contributed by atoms with Crippen LogP contribution in [0.1, 0.15) is 53.2 Å². The molecular formula is C39H47N3O6S. The van der Waals surface area contributed by atoms with Crippen LogP contribution in [0.5, 0.6) is 5.75 Å². The highest BCUT2D eigenvalue weighted by Gasteiger charge is 2.26. The number of phenols is 1. The minimum Gasteiger partial charge on any atom is -0.508 e. The number of benzene rings is 4. The van der Waals surface area contributed by atoms with E-state index in [-0.39, 0.29) is 35.1 Å². The van der Waals surface area contributed by atoms with E-state index in [9.17, 15) is 23.1 Å². The van der Waals surface area contributed by atoms with Crippen molar-refractivity contribution in [2.24, 2.45) is 0 Å². The van der Waals surface area contributed by atoms with Crippen molar-refractivity contribution in [2.75, 3.05) is 37.6 Å². The van der Waals surface area contributed by atoms with Gasteiger partial charge in [0.25, 0.3) is 16.0 Å². The van der Waals surface area contributed by atoms with Crippen LogP contribution in [0.25, 0.3) is 0 Å². The molecular weight excluding hydrogens is 639 g/mol. The molecule has 2 N–H and O–H groups in total. The second-order valence-electron chi connectivity index (χ2n) is 12.2.